The van der Waals surface area contributed by atoms with Crippen LogP contribution in [0, 0.1) is 5.82 Å². The van der Waals surface area contributed by atoms with Crippen molar-refractivity contribution in [3.05, 3.63) is 46.1 Å². The Morgan fingerprint density at radius 2 is 1.89 bits per heavy atom. The summed E-state index contributed by atoms with van der Waals surface area (Å²) in [5, 5.41) is 0.701. The fourth-order valence-corrected chi connectivity index (χ4v) is 2.29. The lowest BCUT2D eigenvalue weighted by atomic mass is 9.98. The number of halogens is 3. The molecule has 0 aliphatic heterocycles. The van der Waals surface area contributed by atoms with Crippen LogP contribution >= 0.6 is 23.2 Å². The Bertz CT molecular complexity index is 585. The highest BCUT2D eigenvalue weighted by Gasteiger charge is 2.17. The van der Waals surface area contributed by atoms with Crippen LogP contribution in [0.3, 0.4) is 0 Å². The van der Waals surface area contributed by atoms with E-state index in [1.165, 1.54) is 12.4 Å². The molecule has 0 aliphatic rings. The lowest BCUT2D eigenvalue weighted by Crippen LogP contribution is -2.00. The number of hydrogen-bond acceptors (Lipinski definition) is 2. The van der Waals surface area contributed by atoms with Crippen LogP contribution in [0.1, 0.15) is 25.3 Å². The lowest BCUT2D eigenvalue weighted by molar-refractivity contribution is 0.630. The normalized spacial score (nSPS) is 11.0. The van der Waals surface area contributed by atoms with Crippen molar-refractivity contribution in [3.8, 4) is 11.3 Å². The first kappa shape index (κ1) is 13.2. The Morgan fingerprint density at radius 3 is 2.50 bits per heavy atom. The SMILES string of the molecule is CC(C)c1c(Cl)ncnc1-c1ccc(Cl)cc1F. The van der Waals surface area contributed by atoms with Gasteiger partial charge in [-0.2, -0.15) is 0 Å². The van der Waals surface area contributed by atoms with Gasteiger partial charge >= 0.3 is 0 Å². The van der Waals surface area contributed by atoms with Crippen LogP contribution in [0.15, 0.2) is 24.5 Å². The second-order valence-corrected chi connectivity index (χ2v) is 5.00. The lowest BCUT2D eigenvalue weighted by Gasteiger charge is -2.13. The highest BCUT2D eigenvalue weighted by molar-refractivity contribution is 6.31. The molecule has 0 aliphatic carbocycles. The van der Waals surface area contributed by atoms with Crippen molar-refractivity contribution in [2.24, 2.45) is 0 Å². The average Bonchev–Trinajstić information content (AvgIpc) is 2.28. The van der Waals surface area contributed by atoms with Gasteiger partial charge in [-0.15, -0.1) is 0 Å². The van der Waals surface area contributed by atoms with Crippen LogP contribution < -0.4 is 0 Å². The van der Waals surface area contributed by atoms with Gasteiger partial charge in [0.05, 0.1) is 5.69 Å². The fourth-order valence-electron chi connectivity index (χ4n) is 1.78. The van der Waals surface area contributed by atoms with Crippen LogP contribution in [0.2, 0.25) is 10.2 Å². The quantitative estimate of drug-likeness (QED) is 0.746. The van der Waals surface area contributed by atoms with Crippen molar-refractivity contribution >= 4 is 23.2 Å². The van der Waals surface area contributed by atoms with Crippen molar-refractivity contribution in [1.29, 1.82) is 0 Å². The molecule has 1 aromatic heterocycles. The van der Waals surface area contributed by atoms with Crippen LogP contribution in [-0.2, 0) is 0 Å². The van der Waals surface area contributed by atoms with Gasteiger partial charge in [-0.1, -0.05) is 37.0 Å². The van der Waals surface area contributed by atoms with E-state index >= 15 is 0 Å². The summed E-state index contributed by atoms with van der Waals surface area (Å²) in [5.41, 5.74) is 1.63. The first-order chi connectivity index (χ1) is 8.50. The zero-order valence-electron chi connectivity index (χ0n) is 9.92. The summed E-state index contributed by atoms with van der Waals surface area (Å²) in [6, 6.07) is 4.49. The third-order valence-corrected chi connectivity index (χ3v) is 3.14. The van der Waals surface area contributed by atoms with Gasteiger partial charge < -0.3 is 0 Å². The Morgan fingerprint density at radius 1 is 1.17 bits per heavy atom. The van der Waals surface area contributed by atoms with Gasteiger partial charge in [0.2, 0.25) is 0 Å². The van der Waals surface area contributed by atoms with Crippen molar-refractivity contribution in [1.82, 2.24) is 9.97 Å². The Balaban J connectivity index is 2.67. The molecule has 5 heteroatoms. The number of aromatic nitrogens is 2. The molecule has 0 unspecified atom stereocenters. The molecular weight excluding hydrogens is 274 g/mol. The van der Waals surface area contributed by atoms with Gasteiger partial charge in [-0.25, -0.2) is 14.4 Å². The van der Waals surface area contributed by atoms with Crippen molar-refractivity contribution in [2.45, 2.75) is 19.8 Å². The largest absolute Gasteiger partial charge is 0.236 e. The Hall–Kier alpha value is -1.19. The Labute approximate surface area is 115 Å². The third kappa shape index (κ3) is 2.47. The summed E-state index contributed by atoms with van der Waals surface area (Å²) in [4.78, 5) is 8.08. The highest BCUT2D eigenvalue weighted by atomic mass is 35.5. The molecule has 0 atom stereocenters. The first-order valence-corrected chi connectivity index (χ1v) is 6.22. The average molecular weight is 285 g/mol. The molecule has 18 heavy (non-hydrogen) atoms. The molecule has 0 N–H and O–H groups in total. The molecule has 1 heterocycles. The van der Waals surface area contributed by atoms with Crippen LogP contribution in [0.4, 0.5) is 4.39 Å². The van der Waals surface area contributed by atoms with E-state index in [-0.39, 0.29) is 5.92 Å². The van der Waals surface area contributed by atoms with Crippen molar-refractivity contribution < 1.29 is 4.39 Å². The van der Waals surface area contributed by atoms with Crippen molar-refractivity contribution in [3.63, 3.8) is 0 Å². The van der Waals surface area contributed by atoms with E-state index in [4.69, 9.17) is 23.2 Å². The topological polar surface area (TPSA) is 25.8 Å². The second-order valence-electron chi connectivity index (χ2n) is 4.21. The van der Waals surface area contributed by atoms with Gasteiger partial charge in [0.25, 0.3) is 0 Å². The summed E-state index contributed by atoms with van der Waals surface area (Å²) in [7, 11) is 0. The molecule has 0 fully saturated rings. The maximum Gasteiger partial charge on any atom is 0.136 e. The summed E-state index contributed by atoms with van der Waals surface area (Å²) in [6.45, 7) is 3.92. The van der Waals surface area contributed by atoms with Gasteiger partial charge in [0, 0.05) is 16.1 Å². The number of benzene rings is 1. The number of nitrogens with zero attached hydrogens (tertiary/aromatic N) is 2. The molecule has 0 saturated heterocycles. The van der Waals surface area contributed by atoms with E-state index in [2.05, 4.69) is 9.97 Å². The molecular formula is C13H11Cl2FN2. The van der Waals surface area contributed by atoms with Crippen molar-refractivity contribution in [2.75, 3.05) is 0 Å². The molecule has 0 saturated carbocycles. The van der Waals surface area contributed by atoms with E-state index in [0.29, 0.717) is 21.4 Å². The van der Waals surface area contributed by atoms with E-state index < -0.39 is 5.82 Å². The highest BCUT2D eigenvalue weighted by Crippen LogP contribution is 2.33. The Kier molecular flexibility index (Phi) is 3.83. The van der Waals surface area contributed by atoms with Crippen LogP contribution in [0.25, 0.3) is 11.3 Å². The maximum atomic E-state index is 13.9. The minimum atomic E-state index is -0.417. The van der Waals surface area contributed by atoms with E-state index in [9.17, 15) is 4.39 Å². The minimum absolute atomic E-state index is 0.101. The third-order valence-electron chi connectivity index (χ3n) is 2.60. The summed E-state index contributed by atoms with van der Waals surface area (Å²) < 4.78 is 13.9. The van der Waals surface area contributed by atoms with E-state index in [0.717, 1.165) is 5.56 Å². The van der Waals surface area contributed by atoms with E-state index in [1.807, 2.05) is 13.8 Å². The molecule has 1 aromatic carbocycles. The van der Waals surface area contributed by atoms with Gasteiger partial charge in [0.15, 0.2) is 0 Å². The summed E-state index contributed by atoms with van der Waals surface area (Å²) >= 11 is 11.8. The van der Waals surface area contributed by atoms with Crippen LogP contribution in [-0.4, -0.2) is 9.97 Å². The number of rotatable bonds is 2. The van der Waals surface area contributed by atoms with Gasteiger partial charge in [-0.05, 0) is 24.1 Å². The molecule has 0 radical (unpaired) electrons. The monoisotopic (exact) mass is 284 g/mol. The zero-order chi connectivity index (χ0) is 13.3. The molecule has 2 aromatic rings. The van der Waals surface area contributed by atoms with Gasteiger partial charge in [-0.3, -0.25) is 0 Å². The molecule has 94 valence electrons. The van der Waals surface area contributed by atoms with Gasteiger partial charge in [0.1, 0.15) is 17.3 Å². The number of hydrogen-bond donors (Lipinski definition) is 0. The molecule has 0 spiro atoms. The maximum absolute atomic E-state index is 13.9. The predicted molar refractivity (Wildman–Crippen MR) is 71.5 cm³/mol. The molecule has 0 amide bonds. The minimum Gasteiger partial charge on any atom is -0.236 e. The van der Waals surface area contributed by atoms with Crippen LogP contribution in [0.5, 0.6) is 0 Å². The fraction of sp³-hybridized carbons (Fsp3) is 0.231. The standard InChI is InChI=1S/C13H11Cl2FN2/c1-7(2)11-12(17-6-18-13(11)15)9-4-3-8(14)5-10(9)16/h3-7H,1-2H3. The smallest absolute Gasteiger partial charge is 0.136 e. The predicted octanol–water partition coefficient (Wildman–Crippen LogP) is 4.71. The zero-order valence-corrected chi connectivity index (χ0v) is 11.4. The summed E-state index contributed by atoms with van der Waals surface area (Å²) in [5.74, 6) is -0.317. The molecule has 2 nitrogen and oxygen atoms in total. The van der Waals surface area contributed by atoms with E-state index in [1.54, 1.807) is 12.1 Å². The molecule has 2 rings (SSSR count). The molecule has 0 bridgehead atoms. The first-order valence-electron chi connectivity index (χ1n) is 5.46. The second kappa shape index (κ2) is 5.21. The summed E-state index contributed by atoms with van der Waals surface area (Å²) in [6.07, 6.45) is 1.33.